The van der Waals surface area contributed by atoms with Gasteiger partial charge in [0.2, 0.25) is 0 Å². The first-order valence-corrected chi connectivity index (χ1v) is 6.32. The van der Waals surface area contributed by atoms with E-state index in [2.05, 4.69) is 21.2 Å². The van der Waals surface area contributed by atoms with E-state index in [0.717, 1.165) is 16.6 Å². The fourth-order valence-corrected chi connectivity index (χ4v) is 1.71. The Labute approximate surface area is 115 Å². The van der Waals surface area contributed by atoms with Crippen LogP contribution in [0.5, 0.6) is 5.75 Å². The number of rotatable bonds is 8. The van der Waals surface area contributed by atoms with Gasteiger partial charge in [0, 0.05) is 24.7 Å². The molecule has 0 aromatic heterocycles. The molecule has 18 heavy (non-hydrogen) atoms. The normalized spacial score (nSPS) is 10.3. The maximum atomic E-state index is 10.6. The standard InChI is InChI=1S/C12H17BrN2O3/c1-17-5-4-15-7-9-6-10(2-3-11(9)13)18-8-12(14)16/h2-3,6,15H,4-5,7-8H2,1H3,(H2,14,16). The van der Waals surface area contributed by atoms with E-state index in [1.54, 1.807) is 13.2 Å². The van der Waals surface area contributed by atoms with Crippen LogP contribution in [-0.4, -0.2) is 32.8 Å². The van der Waals surface area contributed by atoms with Crippen LogP contribution in [0.1, 0.15) is 5.56 Å². The van der Waals surface area contributed by atoms with Gasteiger partial charge >= 0.3 is 0 Å². The van der Waals surface area contributed by atoms with Gasteiger partial charge in [-0.05, 0) is 23.8 Å². The highest BCUT2D eigenvalue weighted by Gasteiger charge is 2.03. The Hall–Kier alpha value is -1.11. The van der Waals surface area contributed by atoms with Gasteiger partial charge in [-0.2, -0.15) is 0 Å². The summed E-state index contributed by atoms with van der Waals surface area (Å²) in [6, 6.07) is 5.53. The zero-order chi connectivity index (χ0) is 13.4. The molecule has 0 spiro atoms. The molecule has 0 saturated heterocycles. The Morgan fingerprint density at radius 3 is 2.94 bits per heavy atom. The molecule has 3 N–H and O–H groups in total. The number of hydrogen-bond donors (Lipinski definition) is 2. The summed E-state index contributed by atoms with van der Waals surface area (Å²) in [7, 11) is 1.66. The molecule has 0 fully saturated rings. The molecule has 0 heterocycles. The first-order valence-electron chi connectivity index (χ1n) is 5.52. The number of carbonyl (C=O) groups excluding carboxylic acids is 1. The number of nitrogens with two attached hydrogens (primary N) is 1. The van der Waals surface area contributed by atoms with Gasteiger partial charge in [-0.1, -0.05) is 15.9 Å². The van der Waals surface area contributed by atoms with Crippen molar-refractivity contribution in [3.63, 3.8) is 0 Å². The molecule has 0 atom stereocenters. The lowest BCUT2D eigenvalue weighted by Gasteiger charge is -2.09. The molecule has 6 heteroatoms. The average molecular weight is 317 g/mol. The number of nitrogens with one attached hydrogen (secondary N) is 1. The SMILES string of the molecule is COCCNCc1cc(OCC(N)=O)ccc1Br. The highest BCUT2D eigenvalue weighted by atomic mass is 79.9. The molecule has 1 aromatic carbocycles. The first-order chi connectivity index (χ1) is 8.63. The third kappa shape index (κ3) is 5.48. The number of carbonyl (C=O) groups is 1. The zero-order valence-corrected chi connectivity index (χ0v) is 11.8. The molecular formula is C12H17BrN2O3. The monoisotopic (exact) mass is 316 g/mol. The number of halogens is 1. The van der Waals surface area contributed by atoms with Crippen LogP contribution in [0.15, 0.2) is 22.7 Å². The molecule has 0 aliphatic rings. The summed E-state index contributed by atoms with van der Waals surface area (Å²) in [6.45, 7) is 2.01. The summed E-state index contributed by atoms with van der Waals surface area (Å²) < 4.78 is 11.2. The largest absolute Gasteiger partial charge is 0.484 e. The van der Waals surface area contributed by atoms with Crippen molar-refractivity contribution >= 4 is 21.8 Å². The molecule has 5 nitrogen and oxygen atoms in total. The van der Waals surface area contributed by atoms with Gasteiger partial charge in [0.1, 0.15) is 5.75 Å². The van der Waals surface area contributed by atoms with Crippen molar-refractivity contribution in [2.45, 2.75) is 6.54 Å². The Bertz CT molecular complexity index is 399. The lowest BCUT2D eigenvalue weighted by Crippen LogP contribution is -2.20. The summed E-state index contributed by atoms with van der Waals surface area (Å²) in [4.78, 5) is 10.6. The van der Waals surface area contributed by atoms with Gasteiger partial charge in [-0.3, -0.25) is 4.79 Å². The summed E-state index contributed by atoms with van der Waals surface area (Å²) in [5.41, 5.74) is 6.07. The fourth-order valence-electron chi connectivity index (χ4n) is 1.33. The topological polar surface area (TPSA) is 73.6 Å². The number of benzene rings is 1. The molecule has 0 bridgehead atoms. The number of methoxy groups -OCH3 is 1. The number of amides is 1. The van der Waals surface area contributed by atoms with Gasteiger partial charge in [0.15, 0.2) is 6.61 Å². The van der Waals surface area contributed by atoms with E-state index in [1.807, 2.05) is 12.1 Å². The van der Waals surface area contributed by atoms with Crippen LogP contribution in [0.25, 0.3) is 0 Å². The van der Waals surface area contributed by atoms with Crippen LogP contribution in [0.2, 0.25) is 0 Å². The van der Waals surface area contributed by atoms with Gasteiger partial charge in [-0.25, -0.2) is 0 Å². The third-order valence-electron chi connectivity index (χ3n) is 2.20. The molecule has 0 aliphatic carbocycles. The molecule has 100 valence electrons. The average Bonchev–Trinajstić information content (AvgIpc) is 2.35. The van der Waals surface area contributed by atoms with E-state index < -0.39 is 5.91 Å². The number of ether oxygens (including phenoxy) is 2. The van der Waals surface area contributed by atoms with Crippen molar-refractivity contribution in [1.29, 1.82) is 0 Å². The summed E-state index contributed by atoms with van der Waals surface area (Å²) in [5.74, 6) is 0.137. The minimum Gasteiger partial charge on any atom is -0.484 e. The molecule has 1 amide bonds. The number of primary amides is 1. The third-order valence-corrected chi connectivity index (χ3v) is 2.97. The molecule has 0 unspecified atom stereocenters. The van der Waals surface area contributed by atoms with E-state index in [-0.39, 0.29) is 6.61 Å². The molecule has 1 aromatic rings. The van der Waals surface area contributed by atoms with Gasteiger partial charge in [0.05, 0.1) is 6.61 Å². The van der Waals surface area contributed by atoms with E-state index in [0.29, 0.717) is 18.9 Å². The predicted molar refractivity (Wildman–Crippen MR) is 72.4 cm³/mol. The summed E-state index contributed by atoms with van der Waals surface area (Å²) in [6.07, 6.45) is 0. The van der Waals surface area contributed by atoms with Crippen molar-refractivity contribution in [2.75, 3.05) is 26.9 Å². The van der Waals surface area contributed by atoms with Gasteiger partial charge in [-0.15, -0.1) is 0 Å². The van der Waals surface area contributed by atoms with E-state index in [9.17, 15) is 4.79 Å². The predicted octanol–water partition coefficient (Wildman–Crippen LogP) is 1.05. The van der Waals surface area contributed by atoms with Crippen LogP contribution in [0.3, 0.4) is 0 Å². The first kappa shape index (κ1) is 14.9. The van der Waals surface area contributed by atoms with Crippen LogP contribution in [-0.2, 0) is 16.1 Å². The highest BCUT2D eigenvalue weighted by Crippen LogP contribution is 2.22. The Kier molecular flexibility index (Phi) is 6.70. The van der Waals surface area contributed by atoms with Crippen LogP contribution in [0.4, 0.5) is 0 Å². The van der Waals surface area contributed by atoms with Crippen molar-refractivity contribution in [1.82, 2.24) is 5.32 Å². The van der Waals surface area contributed by atoms with Crippen LogP contribution >= 0.6 is 15.9 Å². The van der Waals surface area contributed by atoms with Gasteiger partial charge < -0.3 is 20.5 Å². The van der Waals surface area contributed by atoms with Crippen LogP contribution < -0.4 is 15.8 Å². The van der Waals surface area contributed by atoms with Crippen LogP contribution in [0, 0.1) is 0 Å². The molecular weight excluding hydrogens is 300 g/mol. The molecule has 0 radical (unpaired) electrons. The lowest BCUT2D eigenvalue weighted by atomic mass is 10.2. The van der Waals surface area contributed by atoms with E-state index in [1.165, 1.54) is 0 Å². The minimum absolute atomic E-state index is 0.113. The summed E-state index contributed by atoms with van der Waals surface area (Å²) in [5, 5.41) is 3.23. The Balaban J connectivity index is 2.54. The molecule has 0 aliphatic heterocycles. The van der Waals surface area contributed by atoms with Crippen molar-refractivity contribution in [3.8, 4) is 5.75 Å². The molecule has 0 saturated carbocycles. The minimum atomic E-state index is -0.488. The van der Waals surface area contributed by atoms with Gasteiger partial charge in [0.25, 0.3) is 5.91 Å². The Morgan fingerprint density at radius 2 is 2.28 bits per heavy atom. The number of hydrogen-bond acceptors (Lipinski definition) is 4. The van der Waals surface area contributed by atoms with Crippen molar-refractivity contribution in [3.05, 3.63) is 28.2 Å². The van der Waals surface area contributed by atoms with E-state index >= 15 is 0 Å². The second kappa shape index (κ2) is 8.07. The Morgan fingerprint density at radius 1 is 1.50 bits per heavy atom. The molecule has 1 rings (SSSR count). The smallest absolute Gasteiger partial charge is 0.255 e. The maximum Gasteiger partial charge on any atom is 0.255 e. The van der Waals surface area contributed by atoms with Crippen molar-refractivity contribution < 1.29 is 14.3 Å². The lowest BCUT2D eigenvalue weighted by molar-refractivity contribution is -0.119. The zero-order valence-electron chi connectivity index (χ0n) is 10.2. The maximum absolute atomic E-state index is 10.6. The fraction of sp³-hybridized carbons (Fsp3) is 0.417. The van der Waals surface area contributed by atoms with E-state index in [4.69, 9.17) is 15.2 Å². The second-order valence-corrected chi connectivity index (χ2v) is 4.53. The highest BCUT2D eigenvalue weighted by molar-refractivity contribution is 9.10. The second-order valence-electron chi connectivity index (χ2n) is 3.68. The van der Waals surface area contributed by atoms with Crippen molar-refractivity contribution in [2.24, 2.45) is 5.73 Å². The quantitative estimate of drug-likeness (QED) is 0.703. The summed E-state index contributed by atoms with van der Waals surface area (Å²) >= 11 is 3.46.